The molecule has 0 unspecified atom stereocenters. The number of thiophene rings is 1. The van der Waals surface area contributed by atoms with Crippen molar-refractivity contribution in [3.8, 4) is 0 Å². The molecule has 208 valence electrons. The molecule has 0 atom stereocenters. The molecule has 1 aliphatic rings. The molecule has 4 rings (SSSR count). The van der Waals surface area contributed by atoms with E-state index >= 15 is 0 Å². The summed E-state index contributed by atoms with van der Waals surface area (Å²) >= 11 is 7.57. The van der Waals surface area contributed by atoms with Gasteiger partial charge in [-0.3, -0.25) is 4.79 Å². The highest BCUT2D eigenvalue weighted by atomic mass is 35.5. The van der Waals surface area contributed by atoms with Crippen LogP contribution < -0.4 is 0 Å². The first-order valence-corrected chi connectivity index (χ1v) is 13.1. The summed E-state index contributed by atoms with van der Waals surface area (Å²) in [7, 11) is 1.55. The third-order valence-corrected chi connectivity index (χ3v) is 7.53. The van der Waals surface area contributed by atoms with E-state index in [4.69, 9.17) is 35.5 Å². The van der Waals surface area contributed by atoms with Gasteiger partial charge in [0.15, 0.2) is 0 Å². The fourth-order valence-corrected chi connectivity index (χ4v) is 5.52. The molecule has 3 aromatic rings. The van der Waals surface area contributed by atoms with E-state index < -0.39 is 17.7 Å². The van der Waals surface area contributed by atoms with E-state index in [0.29, 0.717) is 56.9 Å². The molecule has 38 heavy (non-hydrogen) atoms. The number of carbonyl (C=O) groups excluding carboxylic acids is 1. The van der Waals surface area contributed by atoms with Crippen LogP contribution in [0.2, 0.25) is 5.15 Å². The predicted molar refractivity (Wildman–Crippen MR) is 135 cm³/mol. The van der Waals surface area contributed by atoms with E-state index in [9.17, 15) is 18.0 Å². The first-order chi connectivity index (χ1) is 18.0. The lowest BCUT2D eigenvalue weighted by molar-refractivity contribution is -0.186. The van der Waals surface area contributed by atoms with Crippen molar-refractivity contribution in [3.05, 3.63) is 28.3 Å². The number of carbonyl (C=O) groups is 1. The first-order valence-electron chi connectivity index (χ1n) is 11.9. The van der Waals surface area contributed by atoms with Crippen molar-refractivity contribution in [1.29, 1.82) is 0 Å². The van der Waals surface area contributed by atoms with Crippen LogP contribution in [0.5, 0.6) is 0 Å². The molecule has 4 heterocycles. The maximum atomic E-state index is 13.6. The van der Waals surface area contributed by atoms with Gasteiger partial charge < -0.3 is 23.8 Å². The maximum Gasteiger partial charge on any atom is 0.471 e. The third-order valence-electron chi connectivity index (χ3n) is 6.05. The molecule has 1 amide bonds. The van der Waals surface area contributed by atoms with Gasteiger partial charge in [-0.15, -0.1) is 11.3 Å². The largest absolute Gasteiger partial charge is 0.471 e. The van der Waals surface area contributed by atoms with E-state index in [2.05, 4.69) is 9.97 Å². The van der Waals surface area contributed by atoms with Crippen LogP contribution in [-0.4, -0.2) is 84.2 Å². The number of rotatable bonds is 11. The molecule has 0 spiro atoms. The van der Waals surface area contributed by atoms with Crippen LogP contribution in [0.15, 0.2) is 6.33 Å². The maximum absolute atomic E-state index is 13.6. The number of halogens is 4. The van der Waals surface area contributed by atoms with Crippen molar-refractivity contribution in [3.63, 3.8) is 0 Å². The van der Waals surface area contributed by atoms with E-state index in [0.717, 1.165) is 4.90 Å². The van der Waals surface area contributed by atoms with E-state index in [1.807, 2.05) is 13.8 Å². The zero-order valence-corrected chi connectivity index (χ0v) is 22.8. The lowest BCUT2D eigenvalue weighted by Gasteiger charge is -2.33. The summed E-state index contributed by atoms with van der Waals surface area (Å²) in [6, 6.07) is 0. The number of fused-ring (bicyclic) bond motifs is 4. The molecular formula is C24H28ClF3N4O5S. The molecular weight excluding hydrogens is 549 g/mol. The number of pyridine rings is 1. The minimum atomic E-state index is -5.06. The standard InChI is InChI=1S/C24H28ClF3N4O5S/c1-23(2)10-16-15(12-37-23)14(17-18-19(38-21(17)31-16)20(25)30-13-29-18)11-32(22(33)24(26,27)28)4-5-35-8-9-36-7-6-34-3/h13H,4-12H2,1-3H3. The normalized spacial score (nSPS) is 15.2. The molecule has 3 aromatic heterocycles. The summed E-state index contributed by atoms with van der Waals surface area (Å²) in [6.45, 7) is 4.49. The van der Waals surface area contributed by atoms with Crippen LogP contribution in [0.1, 0.15) is 30.7 Å². The summed E-state index contributed by atoms with van der Waals surface area (Å²) in [5, 5.41) is 0.770. The molecule has 0 bridgehead atoms. The third kappa shape index (κ3) is 6.52. The number of methoxy groups -OCH3 is 1. The Kier molecular flexibility index (Phi) is 9.05. The van der Waals surface area contributed by atoms with Gasteiger partial charge in [0.1, 0.15) is 16.3 Å². The van der Waals surface area contributed by atoms with Crippen LogP contribution in [0.4, 0.5) is 13.2 Å². The fraction of sp³-hybridized carbons (Fsp3) is 0.583. The topological polar surface area (TPSA) is 95.9 Å². The highest BCUT2D eigenvalue weighted by molar-refractivity contribution is 7.26. The number of aromatic nitrogens is 3. The van der Waals surface area contributed by atoms with E-state index in [1.54, 1.807) is 7.11 Å². The van der Waals surface area contributed by atoms with Crippen LogP contribution in [0, 0.1) is 0 Å². The van der Waals surface area contributed by atoms with Gasteiger partial charge in [0.05, 0.1) is 61.2 Å². The number of hydrogen-bond acceptors (Lipinski definition) is 9. The van der Waals surface area contributed by atoms with Crippen LogP contribution >= 0.6 is 22.9 Å². The Morgan fingerprint density at radius 1 is 1.18 bits per heavy atom. The van der Waals surface area contributed by atoms with E-state index in [1.165, 1.54) is 17.7 Å². The molecule has 0 saturated heterocycles. The molecule has 1 aliphatic heterocycles. The molecule has 0 radical (unpaired) electrons. The van der Waals surface area contributed by atoms with Gasteiger partial charge in [0.25, 0.3) is 0 Å². The quantitative estimate of drug-likeness (QED) is 0.246. The van der Waals surface area contributed by atoms with Gasteiger partial charge in [-0.2, -0.15) is 13.2 Å². The summed E-state index contributed by atoms with van der Waals surface area (Å²) in [4.78, 5) is 27.0. The van der Waals surface area contributed by atoms with Crippen LogP contribution in [-0.2, 0) is 43.3 Å². The van der Waals surface area contributed by atoms with Gasteiger partial charge in [-0.25, -0.2) is 15.0 Å². The summed E-state index contributed by atoms with van der Waals surface area (Å²) in [5.41, 5.74) is 1.84. The highest BCUT2D eigenvalue weighted by Crippen LogP contribution is 2.41. The van der Waals surface area contributed by atoms with Crippen LogP contribution in [0.3, 0.4) is 0 Å². The van der Waals surface area contributed by atoms with Crippen molar-refractivity contribution >= 4 is 49.3 Å². The molecule has 0 fully saturated rings. The average Bonchev–Trinajstić information content (AvgIpc) is 3.22. The van der Waals surface area contributed by atoms with Gasteiger partial charge >= 0.3 is 12.1 Å². The van der Waals surface area contributed by atoms with Crippen molar-refractivity contribution in [1.82, 2.24) is 19.9 Å². The summed E-state index contributed by atoms with van der Waals surface area (Å²) < 4.78 is 63.0. The molecule has 0 saturated carbocycles. The number of alkyl halides is 3. The highest BCUT2D eigenvalue weighted by Gasteiger charge is 2.43. The number of nitrogens with zero attached hydrogens (tertiary/aromatic N) is 4. The van der Waals surface area contributed by atoms with Gasteiger partial charge in [-0.1, -0.05) is 11.6 Å². The number of amides is 1. The Hall–Kier alpha value is -2.16. The second-order valence-electron chi connectivity index (χ2n) is 9.31. The molecule has 0 aromatic carbocycles. The van der Waals surface area contributed by atoms with Crippen molar-refractivity contribution in [2.24, 2.45) is 0 Å². The van der Waals surface area contributed by atoms with E-state index in [-0.39, 0.29) is 44.7 Å². The first kappa shape index (κ1) is 28.8. The summed E-state index contributed by atoms with van der Waals surface area (Å²) in [5.74, 6) is -1.96. The smallest absolute Gasteiger partial charge is 0.382 e. The fourth-order valence-electron chi connectivity index (χ4n) is 4.21. The van der Waals surface area contributed by atoms with Gasteiger partial charge in [-0.05, 0) is 19.4 Å². The minimum absolute atomic E-state index is 0.103. The minimum Gasteiger partial charge on any atom is -0.382 e. The molecule has 14 heteroatoms. The lowest BCUT2D eigenvalue weighted by Crippen LogP contribution is -2.43. The van der Waals surface area contributed by atoms with Crippen molar-refractivity contribution < 1.29 is 36.9 Å². The Morgan fingerprint density at radius 2 is 1.89 bits per heavy atom. The zero-order valence-electron chi connectivity index (χ0n) is 21.2. The van der Waals surface area contributed by atoms with Crippen molar-refractivity contribution in [2.45, 2.75) is 45.2 Å². The second kappa shape index (κ2) is 11.9. The monoisotopic (exact) mass is 576 g/mol. The Bertz CT molecular complexity index is 1300. The lowest BCUT2D eigenvalue weighted by atomic mass is 9.92. The van der Waals surface area contributed by atoms with Gasteiger partial charge in [0, 0.05) is 37.6 Å². The Morgan fingerprint density at radius 3 is 2.61 bits per heavy atom. The SMILES string of the molecule is COCCOCCOCCN(Cc1c2c(nc3sc4c(Cl)ncnc4c13)CC(C)(C)OC2)C(=O)C(F)(F)F. The molecule has 9 nitrogen and oxygen atoms in total. The van der Waals surface area contributed by atoms with Crippen LogP contribution in [0.25, 0.3) is 20.4 Å². The molecule has 0 N–H and O–H groups in total. The predicted octanol–water partition coefficient (Wildman–Crippen LogP) is 4.31. The summed E-state index contributed by atoms with van der Waals surface area (Å²) in [6.07, 6.45) is -3.31. The Balaban J connectivity index is 1.67. The Labute approximate surface area is 226 Å². The van der Waals surface area contributed by atoms with Gasteiger partial charge in [0.2, 0.25) is 0 Å². The number of ether oxygens (including phenoxy) is 4. The average molecular weight is 577 g/mol. The zero-order chi connectivity index (χ0) is 27.5. The molecule has 0 aliphatic carbocycles. The number of hydrogen-bond donors (Lipinski definition) is 0. The van der Waals surface area contributed by atoms with Crippen molar-refractivity contribution in [2.75, 3.05) is 46.7 Å². The second-order valence-corrected chi connectivity index (χ2v) is 10.7.